The van der Waals surface area contributed by atoms with Gasteiger partial charge in [0, 0.05) is 13.5 Å². The number of nitrogens with one attached hydrogen (secondary N) is 1. The lowest BCUT2D eigenvalue weighted by Crippen LogP contribution is -2.26. The molecule has 1 amide bonds. The zero-order valence-corrected chi connectivity index (χ0v) is 12.5. The highest BCUT2D eigenvalue weighted by Gasteiger charge is 2.21. The van der Waals surface area contributed by atoms with Crippen molar-refractivity contribution in [3.63, 3.8) is 0 Å². The van der Waals surface area contributed by atoms with Crippen LogP contribution in [0, 0.1) is 0 Å². The Morgan fingerprint density at radius 3 is 2.57 bits per heavy atom. The predicted molar refractivity (Wildman–Crippen MR) is 74.1 cm³/mol. The molecule has 0 aliphatic heterocycles. The molecular weight excluding hydrogens is 298 g/mol. The highest BCUT2D eigenvalue weighted by molar-refractivity contribution is 7.85. The summed E-state index contributed by atoms with van der Waals surface area (Å²) in [5, 5.41) is 2.57. The molecule has 0 saturated carbocycles. The van der Waals surface area contributed by atoms with Gasteiger partial charge in [-0.1, -0.05) is 12.1 Å². The molecule has 0 saturated heterocycles. The summed E-state index contributed by atoms with van der Waals surface area (Å²) < 4.78 is 36.3. The van der Waals surface area contributed by atoms with E-state index in [9.17, 15) is 18.0 Å². The molecule has 1 aromatic rings. The molecule has 0 aromatic heterocycles. The molecule has 0 fully saturated rings. The number of amides is 1. The number of esters is 1. The summed E-state index contributed by atoms with van der Waals surface area (Å²) in [7, 11) is -4.37. The normalized spacial score (nSPS) is 12.5. The molecule has 0 heterocycles. The van der Waals surface area contributed by atoms with Crippen LogP contribution in [0.3, 0.4) is 0 Å². The molecule has 1 aromatic carbocycles. The average Bonchev–Trinajstić information content (AvgIpc) is 2.37. The Morgan fingerprint density at radius 1 is 1.38 bits per heavy atom. The Bertz CT molecular complexity index is 625. The Labute approximate surface area is 123 Å². The molecule has 0 aliphatic carbocycles. The van der Waals surface area contributed by atoms with Crippen molar-refractivity contribution < 1.29 is 27.3 Å². The van der Waals surface area contributed by atoms with Gasteiger partial charge in [-0.05, 0) is 24.6 Å². The smallest absolute Gasteiger partial charge is 0.303 e. The number of hydrogen-bond acceptors (Lipinski definition) is 5. The van der Waals surface area contributed by atoms with Crippen LogP contribution >= 0.6 is 0 Å². The van der Waals surface area contributed by atoms with Crippen LogP contribution in [0.1, 0.15) is 31.9 Å². The van der Waals surface area contributed by atoms with Crippen molar-refractivity contribution in [2.45, 2.75) is 31.3 Å². The van der Waals surface area contributed by atoms with Gasteiger partial charge in [-0.3, -0.25) is 14.1 Å². The van der Waals surface area contributed by atoms with Gasteiger partial charge in [0.2, 0.25) is 5.91 Å². The summed E-state index contributed by atoms with van der Waals surface area (Å²) in [6.07, 6.45) is -1.06. The first-order chi connectivity index (χ1) is 9.74. The lowest BCUT2D eigenvalue weighted by Gasteiger charge is -2.17. The molecular formula is C13H17NO6S. The zero-order chi connectivity index (χ0) is 16.0. The van der Waals surface area contributed by atoms with E-state index in [0.717, 1.165) is 0 Å². The van der Waals surface area contributed by atoms with Crippen LogP contribution < -0.4 is 5.32 Å². The second-order valence-electron chi connectivity index (χ2n) is 4.30. The Kier molecular flexibility index (Phi) is 5.86. The van der Waals surface area contributed by atoms with E-state index in [0.29, 0.717) is 12.1 Å². The number of hydrogen-bond donors (Lipinski definition) is 2. The van der Waals surface area contributed by atoms with Gasteiger partial charge in [0.1, 0.15) is 6.10 Å². The summed E-state index contributed by atoms with van der Waals surface area (Å²) >= 11 is 0. The van der Waals surface area contributed by atoms with E-state index in [-0.39, 0.29) is 17.2 Å². The number of carbonyl (C=O) groups is 2. The quantitative estimate of drug-likeness (QED) is 0.600. The average molecular weight is 315 g/mol. The summed E-state index contributed by atoms with van der Waals surface area (Å²) in [5.41, 5.74) is 0.312. The monoisotopic (exact) mass is 315 g/mol. The molecule has 1 unspecified atom stereocenters. The largest absolute Gasteiger partial charge is 0.457 e. The highest BCUT2D eigenvalue weighted by Crippen LogP contribution is 2.24. The fourth-order valence-electron chi connectivity index (χ4n) is 1.74. The third kappa shape index (κ3) is 5.52. The van der Waals surface area contributed by atoms with E-state index in [1.165, 1.54) is 31.2 Å². The second-order valence-corrected chi connectivity index (χ2v) is 5.72. The van der Waals surface area contributed by atoms with Gasteiger partial charge in [0.25, 0.3) is 10.1 Å². The van der Waals surface area contributed by atoms with Gasteiger partial charge in [0.15, 0.2) is 0 Å². The first-order valence-electron chi connectivity index (χ1n) is 6.25. The van der Waals surface area contributed by atoms with E-state index < -0.39 is 22.2 Å². The van der Waals surface area contributed by atoms with Crippen LogP contribution in [-0.4, -0.2) is 31.4 Å². The lowest BCUT2D eigenvalue weighted by atomic mass is 10.1. The van der Waals surface area contributed by atoms with Gasteiger partial charge in [0.05, 0.1) is 11.3 Å². The molecule has 116 valence electrons. The molecule has 1 atom stereocenters. The highest BCUT2D eigenvalue weighted by atomic mass is 32.2. The van der Waals surface area contributed by atoms with Crippen molar-refractivity contribution in [2.75, 3.05) is 6.54 Å². The van der Waals surface area contributed by atoms with Crippen molar-refractivity contribution in [1.82, 2.24) is 5.32 Å². The fourth-order valence-corrected chi connectivity index (χ4v) is 2.28. The van der Waals surface area contributed by atoms with Gasteiger partial charge in [-0.2, -0.15) is 8.42 Å². The summed E-state index contributed by atoms with van der Waals surface area (Å²) in [6, 6.07) is 5.28. The minimum absolute atomic E-state index is 0.137. The van der Waals surface area contributed by atoms with Gasteiger partial charge in [-0.15, -0.1) is 0 Å². The van der Waals surface area contributed by atoms with Crippen molar-refractivity contribution in [1.29, 1.82) is 0 Å². The summed E-state index contributed by atoms with van der Waals surface area (Å²) in [4.78, 5) is 22.4. The van der Waals surface area contributed by atoms with Crippen molar-refractivity contribution in [3.8, 4) is 0 Å². The third-order valence-corrected chi connectivity index (χ3v) is 3.43. The first-order valence-corrected chi connectivity index (χ1v) is 7.69. The van der Waals surface area contributed by atoms with Crippen LogP contribution in [0.2, 0.25) is 0 Å². The Balaban J connectivity index is 3.08. The molecule has 0 radical (unpaired) electrons. The Morgan fingerprint density at radius 2 is 2.05 bits per heavy atom. The first kappa shape index (κ1) is 17.1. The van der Waals surface area contributed by atoms with Crippen LogP contribution in [-0.2, 0) is 24.4 Å². The van der Waals surface area contributed by atoms with Crippen LogP contribution in [0.4, 0.5) is 0 Å². The molecule has 21 heavy (non-hydrogen) atoms. The van der Waals surface area contributed by atoms with Gasteiger partial charge < -0.3 is 10.1 Å². The predicted octanol–water partition coefficient (Wildman–Crippen LogP) is 1.06. The maximum atomic E-state index is 11.6. The maximum absolute atomic E-state index is 11.6. The zero-order valence-electron chi connectivity index (χ0n) is 11.7. The van der Waals surface area contributed by atoms with E-state index in [1.807, 2.05) is 0 Å². The SMILES string of the molecule is CCNC(=O)CC(OC(C)=O)c1cccc(S(=O)(=O)O)c1. The summed E-state index contributed by atoms with van der Waals surface area (Å²) in [5.74, 6) is -0.928. The fraction of sp³-hybridized carbons (Fsp3) is 0.385. The Hall–Kier alpha value is -1.93. The molecule has 0 aliphatic rings. The molecule has 2 N–H and O–H groups in total. The van der Waals surface area contributed by atoms with Crippen molar-refractivity contribution in [3.05, 3.63) is 29.8 Å². The van der Waals surface area contributed by atoms with Crippen LogP contribution in [0.25, 0.3) is 0 Å². The van der Waals surface area contributed by atoms with Crippen molar-refractivity contribution in [2.24, 2.45) is 0 Å². The molecule has 0 bridgehead atoms. The van der Waals surface area contributed by atoms with Gasteiger partial charge in [-0.25, -0.2) is 0 Å². The van der Waals surface area contributed by atoms with E-state index >= 15 is 0 Å². The van der Waals surface area contributed by atoms with E-state index in [1.54, 1.807) is 6.92 Å². The van der Waals surface area contributed by atoms with Crippen molar-refractivity contribution >= 4 is 22.0 Å². The second kappa shape index (κ2) is 7.19. The molecule has 0 spiro atoms. The maximum Gasteiger partial charge on any atom is 0.303 e. The number of carbonyl (C=O) groups excluding carboxylic acids is 2. The standard InChI is InChI=1S/C13H17NO6S/c1-3-14-13(16)8-12(20-9(2)15)10-5-4-6-11(7-10)21(17,18)19/h4-7,12H,3,8H2,1-2H3,(H,14,16)(H,17,18,19). The van der Waals surface area contributed by atoms with E-state index in [4.69, 9.17) is 9.29 Å². The topological polar surface area (TPSA) is 110 Å². The van der Waals surface area contributed by atoms with Gasteiger partial charge >= 0.3 is 5.97 Å². The number of ether oxygens (including phenoxy) is 1. The third-order valence-electron chi connectivity index (χ3n) is 2.58. The number of benzene rings is 1. The molecule has 8 heteroatoms. The van der Waals surface area contributed by atoms with Crippen LogP contribution in [0.15, 0.2) is 29.2 Å². The lowest BCUT2D eigenvalue weighted by molar-refractivity contribution is -0.148. The molecule has 7 nitrogen and oxygen atoms in total. The van der Waals surface area contributed by atoms with Crippen LogP contribution in [0.5, 0.6) is 0 Å². The molecule has 1 rings (SSSR count). The number of rotatable bonds is 6. The minimum Gasteiger partial charge on any atom is -0.457 e. The minimum atomic E-state index is -4.37. The van der Waals surface area contributed by atoms with E-state index in [2.05, 4.69) is 5.32 Å². The summed E-state index contributed by atoms with van der Waals surface area (Å²) in [6.45, 7) is 3.37.